The van der Waals surface area contributed by atoms with E-state index in [4.69, 9.17) is 0 Å². The zero-order valence-corrected chi connectivity index (χ0v) is 7.22. The van der Waals surface area contributed by atoms with Crippen LogP contribution >= 0.6 is 0 Å². The molecule has 3 heteroatoms. The molecule has 0 amide bonds. The molecule has 1 N–H and O–H groups in total. The smallest absolute Gasteiger partial charge is 0.159 e. The van der Waals surface area contributed by atoms with Crippen molar-refractivity contribution in [3.05, 3.63) is 47.5 Å². The summed E-state index contributed by atoms with van der Waals surface area (Å²) in [5.74, 6) is -1.88. The lowest BCUT2D eigenvalue weighted by Gasteiger charge is -2.10. The van der Waals surface area contributed by atoms with Gasteiger partial charge in [0.1, 0.15) is 0 Å². The van der Waals surface area contributed by atoms with Gasteiger partial charge < -0.3 is 5.11 Å². The molecule has 0 aliphatic rings. The van der Waals surface area contributed by atoms with Gasteiger partial charge in [0.05, 0.1) is 6.10 Å². The van der Waals surface area contributed by atoms with Crippen molar-refractivity contribution in [1.82, 2.24) is 0 Å². The molecule has 1 aromatic rings. The van der Waals surface area contributed by atoms with Gasteiger partial charge in [-0.3, -0.25) is 0 Å². The number of halogens is 2. The number of benzene rings is 1. The van der Waals surface area contributed by atoms with Gasteiger partial charge in [-0.1, -0.05) is 12.6 Å². The highest BCUT2D eigenvalue weighted by Gasteiger charge is 2.10. The Kier molecular flexibility index (Phi) is 2.78. The molecule has 1 nitrogen and oxygen atoms in total. The zero-order chi connectivity index (χ0) is 10.0. The molecule has 1 rings (SSSR count). The lowest BCUT2D eigenvalue weighted by Crippen LogP contribution is -1.99. The molecule has 70 valence electrons. The zero-order valence-electron chi connectivity index (χ0n) is 7.22. The molecule has 0 fully saturated rings. The summed E-state index contributed by atoms with van der Waals surface area (Å²) in [4.78, 5) is 0. The molecule has 0 spiro atoms. The van der Waals surface area contributed by atoms with Crippen LogP contribution in [0.5, 0.6) is 0 Å². The average molecular weight is 184 g/mol. The Morgan fingerprint density at radius 3 is 2.46 bits per heavy atom. The molecule has 0 aromatic heterocycles. The summed E-state index contributed by atoms with van der Waals surface area (Å²) in [6, 6.07) is 3.28. The molecule has 0 saturated carbocycles. The predicted octanol–water partition coefficient (Wildman–Crippen LogP) is 2.57. The van der Waals surface area contributed by atoms with Crippen molar-refractivity contribution in [1.29, 1.82) is 0 Å². The van der Waals surface area contributed by atoms with Crippen LogP contribution in [0.3, 0.4) is 0 Å². The summed E-state index contributed by atoms with van der Waals surface area (Å²) in [7, 11) is 0. The minimum atomic E-state index is -0.960. The summed E-state index contributed by atoms with van der Waals surface area (Å²) < 4.78 is 25.2. The van der Waals surface area contributed by atoms with Gasteiger partial charge in [0.2, 0.25) is 0 Å². The van der Waals surface area contributed by atoms with Crippen LogP contribution in [-0.4, -0.2) is 5.11 Å². The fraction of sp³-hybridized carbons (Fsp3) is 0.200. The van der Waals surface area contributed by atoms with Crippen LogP contribution in [-0.2, 0) is 0 Å². The first-order valence-corrected chi connectivity index (χ1v) is 3.81. The molecule has 13 heavy (non-hydrogen) atoms. The van der Waals surface area contributed by atoms with E-state index in [2.05, 4.69) is 6.58 Å². The first-order chi connectivity index (χ1) is 6.02. The maximum atomic E-state index is 12.7. The molecule has 0 aliphatic heterocycles. The van der Waals surface area contributed by atoms with Crippen LogP contribution in [0.4, 0.5) is 8.78 Å². The van der Waals surface area contributed by atoms with E-state index >= 15 is 0 Å². The third-order valence-electron chi connectivity index (χ3n) is 1.73. The molecule has 1 unspecified atom stereocenters. The second-order valence-corrected chi connectivity index (χ2v) is 2.92. The summed E-state index contributed by atoms with van der Waals surface area (Å²) in [5.41, 5.74) is 0.803. The monoisotopic (exact) mass is 184 g/mol. The number of rotatable bonds is 2. The third kappa shape index (κ3) is 2.12. The van der Waals surface area contributed by atoms with Crippen molar-refractivity contribution in [3.8, 4) is 0 Å². The first-order valence-electron chi connectivity index (χ1n) is 3.81. The largest absolute Gasteiger partial charge is 0.384 e. The molecule has 0 aliphatic carbocycles. The highest BCUT2D eigenvalue weighted by Crippen LogP contribution is 2.21. The molecular weight excluding hydrogens is 174 g/mol. The molecule has 0 radical (unpaired) electrons. The van der Waals surface area contributed by atoms with E-state index in [1.807, 2.05) is 0 Å². The van der Waals surface area contributed by atoms with E-state index in [0.717, 1.165) is 12.1 Å². The minimum Gasteiger partial charge on any atom is -0.384 e. The number of hydrogen-bond acceptors (Lipinski definition) is 1. The van der Waals surface area contributed by atoms with Gasteiger partial charge in [0.15, 0.2) is 11.6 Å². The Labute approximate surface area is 75.3 Å². The Morgan fingerprint density at radius 2 is 2.00 bits per heavy atom. The summed E-state index contributed by atoms with van der Waals surface area (Å²) >= 11 is 0. The Hall–Kier alpha value is -1.22. The lowest BCUT2D eigenvalue weighted by molar-refractivity contribution is 0.215. The van der Waals surface area contributed by atoms with E-state index in [1.54, 1.807) is 6.92 Å². The van der Waals surface area contributed by atoms with Crippen molar-refractivity contribution in [3.63, 3.8) is 0 Å². The summed E-state index contributed by atoms with van der Waals surface area (Å²) in [6.45, 7) is 5.13. The molecule has 0 bridgehead atoms. The van der Waals surface area contributed by atoms with E-state index < -0.39 is 17.7 Å². The second-order valence-electron chi connectivity index (χ2n) is 2.92. The van der Waals surface area contributed by atoms with Gasteiger partial charge in [0, 0.05) is 0 Å². The van der Waals surface area contributed by atoms with Crippen LogP contribution in [0.2, 0.25) is 0 Å². The van der Waals surface area contributed by atoms with Crippen LogP contribution in [0, 0.1) is 11.6 Å². The molecule has 0 heterocycles. The Morgan fingerprint density at radius 1 is 1.38 bits per heavy atom. The minimum absolute atomic E-state index is 0.311. The quantitative estimate of drug-likeness (QED) is 0.700. The molecular formula is C10H10F2O. The fourth-order valence-electron chi connectivity index (χ4n) is 0.967. The van der Waals surface area contributed by atoms with Crippen molar-refractivity contribution in [2.75, 3.05) is 0 Å². The first kappa shape index (κ1) is 9.86. The van der Waals surface area contributed by atoms with E-state index in [1.165, 1.54) is 6.07 Å². The van der Waals surface area contributed by atoms with Crippen molar-refractivity contribution < 1.29 is 13.9 Å². The number of hydrogen-bond donors (Lipinski definition) is 1. The van der Waals surface area contributed by atoms with Crippen molar-refractivity contribution >= 4 is 0 Å². The van der Waals surface area contributed by atoms with Crippen molar-refractivity contribution in [2.24, 2.45) is 0 Å². The number of aliphatic hydroxyl groups is 1. The third-order valence-corrected chi connectivity index (χ3v) is 1.73. The molecule has 0 saturated heterocycles. The Balaban J connectivity index is 3.03. The van der Waals surface area contributed by atoms with Crippen molar-refractivity contribution in [2.45, 2.75) is 13.0 Å². The standard InChI is InChI=1S/C10H10F2O/c1-6(2)10(13)7-3-4-8(11)9(12)5-7/h3-5,10,13H,1H2,2H3. The summed E-state index contributed by atoms with van der Waals surface area (Å²) in [5, 5.41) is 9.42. The van der Waals surface area contributed by atoms with E-state index in [0.29, 0.717) is 11.1 Å². The maximum absolute atomic E-state index is 12.7. The average Bonchev–Trinajstić information content (AvgIpc) is 2.08. The lowest BCUT2D eigenvalue weighted by atomic mass is 10.0. The Bertz CT molecular complexity index is 334. The van der Waals surface area contributed by atoms with E-state index in [9.17, 15) is 13.9 Å². The van der Waals surface area contributed by atoms with Crippen LogP contribution in [0.25, 0.3) is 0 Å². The fourth-order valence-corrected chi connectivity index (χ4v) is 0.967. The molecule has 1 atom stereocenters. The van der Waals surface area contributed by atoms with Gasteiger partial charge in [-0.15, -0.1) is 0 Å². The van der Waals surface area contributed by atoms with Gasteiger partial charge >= 0.3 is 0 Å². The summed E-state index contributed by atoms with van der Waals surface area (Å²) in [6.07, 6.45) is -0.935. The van der Waals surface area contributed by atoms with Gasteiger partial charge in [-0.05, 0) is 30.2 Å². The van der Waals surface area contributed by atoms with Gasteiger partial charge in [-0.2, -0.15) is 0 Å². The highest BCUT2D eigenvalue weighted by molar-refractivity contribution is 5.25. The topological polar surface area (TPSA) is 20.2 Å². The van der Waals surface area contributed by atoms with Crippen LogP contribution in [0.15, 0.2) is 30.4 Å². The predicted molar refractivity (Wildman–Crippen MR) is 46.1 cm³/mol. The van der Waals surface area contributed by atoms with Crippen LogP contribution < -0.4 is 0 Å². The second kappa shape index (κ2) is 3.66. The normalized spacial score (nSPS) is 12.6. The van der Waals surface area contributed by atoms with Crippen LogP contribution in [0.1, 0.15) is 18.6 Å². The SMILES string of the molecule is C=C(C)C(O)c1ccc(F)c(F)c1. The molecule has 1 aromatic carbocycles. The van der Waals surface area contributed by atoms with Gasteiger partial charge in [-0.25, -0.2) is 8.78 Å². The van der Waals surface area contributed by atoms with Gasteiger partial charge in [0.25, 0.3) is 0 Å². The maximum Gasteiger partial charge on any atom is 0.159 e. The highest BCUT2D eigenvalue weighted by atomic mass is 19.2. The number of aliphatic hydroxyl groups excluding tert-OH is 1. The van der Waals surface area contributed by atoms with E-state index in [-0.39, 0.29) is 0 Å².